The van der Waals surface area contributed by atoms with E-state index in [0.717, 1.165) is 65.2 Å². The number of rotatable bonds is 61. The Balaban J connectivity index is 0.979. The summed E-state index contributed by atoms with van der Waals surface area (Å²) in [4.78, 5) is 40.0. The molecule has 0 radical (unpaired) electrons. The molecular weight excluding hydrogens is 1710 g/mol. The number of allylic oxidation sites excluding steroid dienone is 3. The van der Waals surface area contributed by atoms with Crippen LogP contribution < -0.4 is 16.0 Å². The molecule has 0 aliphatic carbocycles. The molecule has 0 bridgehead atoms. The maximum atomic E-state index is 13.7. The third-order valence-electron chi connectivity index (χ3n) is 25.5. The van der Waals surface area contributed by atoms with Gasteiger partial charge in [0.25, 0.3) is 0 Å². The highest BCUT2D eigenvalue weighted by molar-refractivity contribution is 5.76. The summed E-state index contributed by atoms with van der Waals surface area (Å²) in [5.41, 5.74) is 0. The molecule has 7 aliphatic rings. The predicted molar refractivity (Wildman–Crippen MR) is 462 cm³/mol. The first-order valence-corrected chi connectivity index (χ1v) is 48.0. The number of unbranched alkanes of at least 4 members (excludes halogenated alkanes) is 30. The third-order valence-corrected chi connectivity index (χ3v) is 25.5. The Morgan fingerprint density at radius 3 is 1.08 bits per heavy atom. The molecule has 0 spiro atoms. The second-order valence-corrected chi connectivity index (χ2v) is 35.9. The predicted octanol–water partition coefficient (Wildman–Crippen LogP) is -0.675. The molecule has 0 aromatic rings. The Morgan fingerprint density at radius 1 is 0.315 bits per heavy atom. The summed E-state index contributed by atoms with van der Waals surface area (Å²) >= 11 is 0. The first kappa shape index (κ1) is 114. The van der Waals surface area contributed by atoms with E-state index < -0.39 is 285 Å². The number of amides is 3. The molecule has 40 heteroatoms. The Morgan fingerprint density at radius 2 is 0.638 bits per heavy atom. The van der Waals surface area contributed by atoms with Crippen LogP contribution in [0.5, 0.6) is 0 Å². The van der Waals surface area contributed by atoms with E-state index in [1.165, 1.54) is 155 Å². The van der Waals surface area contributed by atoms with E-state index in [-0.39, 0.29) is 12.3 Å². The lowest BCUT2D eigenvalue weighted by Gasteiger charge is -2.52. The number of carbonyl (C=O) groups excluding carboxylic acids is 3. The van der Waals surface area contributed by atoms with Crippen LogP contribution in [0.4, 0.5) is 0 Å². The van der Waals surface area contributed by atoms with Crippen molar-refractivity contribution < 1.29 is 183 Å². The Bertz CT molecular complexity index is 3110. The average molecular weight is 1880 g/mol. The Hall–Kier alpha value is -3.47. The first-order valence-electron chi connectivity index (χ1n) is 48.0. The molecule has 130 heavy (non-hydrogen) atoms. The zero-order valence-electron chi connectivity index (χ0n) is 76.5. The highest BCUT2D eigenvalue weighted by atomic mass is 16.8. The van der Waals surface area contributed by atoms with Crippen LogP contribution in [-0.2, 0) is 80.7 Å². The fraction of sp³-hybridized carbons (Fsp3) is 0.922. The smallest absolute Gasteiger partial charge is 0.220 e. The minimum Gasteiger partial charge on any atom is -0.394 e. The van der Waals surface area contributed by atoms with Crippen LogP contribution in [0.1, 0.15) is 253 Å². The van der Waals surface area contributed by atoms with Gasteiger partial charge in [-0.1, -0.05) is 205 Å². The van der Waals surface area contributed by atoms with E-state index in [1.807, 2.05) is 6.08 Å². The molecule has 7 heterocycles. The van der Waals surface area contributed by atoms with Crippen molar-refractivity contribution in [3.63, 3.8) is 0 Å². The van der Waals surface area contributed by atoms with Crippen molar-refractivity contribution in [3.8, 4) is 0 Å². The van der Waals surface area contributed by atoms with Crippen LogP contribution in [-0.4, -0.2) is 393 Å². The summed E-state index contributed by atoms with van der Waals surface area (Å²) < 4.78 is 84.1. The molecule has 7 saturated heterocycles. The van der Waals surface area contributed by atoms with Gasteiger partial charge in [-0.2, -0.15) is 0 Å². The van der Waals surface area contributed by atoms with Crippen LogP contribution in [0.3, 0.4) is 0 Å². The molecule has 37 atom stereocenters. The van der Waals surface area contributed by atoms with Crippen molar-refractivity contribution >= 4 is 17.7 Å². The van der Waals surface area contributed by atoms with Crippen molar-refractivity contribution in [2.75, 3.05) is 46.2 Å². The lowest BCUT2D eigenvalue weighted by Crippen LogP contribution is -2.71. The van der Waals surface area contributed by atoms with Gasteiger partial charge < -0.3 is 184 Å². The lowest BCUT2D eigenvalue weighted by atomic mass is 9.93. The standard InChI is InChI=1S/C90H161N3O37/c1-6-8-10-12-14-16-18-20-21-22-23-24-25-26-27-28-29-31-33-35-37-39-41-43-62(103)93-54(55(102)42-40-38-36-34-32-30-19-17-15-13-11-9-7-2)50-117-86-75(114)72(111)79(60(48-98)124-86)126-90-76(115)82(67(106)57(45-95)121-90)129-84-63(91-52(4)100)69(108)78(59(47-97)122-84)125-89-77(116)83(68(107)58(46-96)120-89)130-85-64(92-53(5)101)81(128-88-74(113)71(110)66(105)56(44-94)119-88)80(61(49-99)123-85)127-87-73(112)70(109)65(104)51(3)118-87/h20-21,40,42,51,54-61,63-90,94-99,102,104-116H,6-19,22-39,41,43-50H2,1-5H3,(H,91,100)(H,92,101)(H,93,103)/b21-20-,42-40+/t51?,54-,55+,56?,57?,58?,59?,60?,61?,63?,64?,65+,66-,67-,68-,69+,70?,71-,72+,73-,74?,75?,76?,77?,78+,79+,80+,81+,82-,83-,84-,85-,86+,87+,88-,89-,90-/m0/s1. The van der Waals surface area contributed by atoms with Crippen LogP contribution >= 0.6 is 0 Å². The van der Waals surface area contributed by atoms with Crippen molar-refractivity contribution in [1.82, 2.24) is 16.0 Å². The summed E-state index contributed by atoms with van der Waals surface area (Å²) in [5, 5.41) is 233. The van der Waals surface area contributed by atoms with Gasteiger partial charge >= 0.3 is 0 Å². The molecule has 0 aromatic carbocycles. The van der Waals surface area contributed by atoms with E-state index in [4.69, 9.17) is 66.3 Å². The second kappa shape index (κ2) is 61.1. The molecule has 14 unspecified atom stereocenters. The summed E-state index contributed by atoms with van der Waals surface area (Å²) in [6.07, 6.45) is -19.3. The topological polar surface area (TPSA) is 621 Å². The number of ether oxygens (including phenoxy) is 14. The zero-order chi connectivity index (χ0) is 94.9. The first-order chi connectivity index (χ1) is 62.5. The molecule has 23 N–H and O–H groups in total. The number of hydrogen-bond acceptors (Lipinski definition) is 37. The van der Waals surface area contributed by atoms with Gasteiger partial charge in [0.2, 0.25) is 17.7 Å². The molecule has 7 rings (SSSR count). The Labute approximate surface area is 763 Å². The maximum absolute atomic E-state index is 13.7. The minimum atomic E-state index is -2.35. The van der Waals surface area contributed by atoms with E-state index in [0.29, 0.717) is 12.8 Å². The van der Waals surface area contributed by atoms with Gasteiger partial charge in [0.1, 0.15) is 165 Å². The monoisotopic (exact) mass is 1880 g/mol. The number of hydrogen-bond donors (Lipinski definition) is 23. The summed E-state index contributed by atoms with van der Waals surface area (Å²) in [7, 11) is 0. The second-order valence-electron chi connectivity index (χ2n) is 35.9. The number of carbonyl (C=O) groups is 3. The van der Waals surface area contributed by atoms with E-state index in [9.17, 15) is 117 Å². The summed E-state index contributed by atoms with van der Waals surface area (Å²) in [5.74, 6) is -2.17. The van der Waals surface area contributed by atoms with Gasteiger partial charge in [-0.15, -0.1) is 0 Å². The average Bonchev–Trinajstić information content (AvgIpc) is 0.759. The summed E-state index contributed by atoms with van der Waals surface area (Å²) in [6, 6.07) is -4.87. The highest BCUT2D eigenvalue weighted by Crippen LogP contribution is 2.40. The zero-order valence-corrected chi connectivity index (χ0v) is 76.5. The largest absolute Gasteiger partial charge is 0.394 e. The van der Waals surface area contributed by atoms with Crippen molar-refractivity contribution in [2.24, 2.45) is 0 Å². The molecule has 0 saturated carbocycles. The van der Waals surface area contributed by atoms with Gasteiger partial charge in [0.05, 0.1) is 64.5 Å². The van der Waals surface area contributed by atoms with Crippen LogP contribution in [0, 0.1) is 0 Å². The molecule has 7 fully saturated rings. The van der Waals surface area contributed by atoms with Gasteiger partial charge in [-0.3, -0.25) is 14.4 Å². The molecule has 3 amide bonds. The number of aliphatic hydroxyl groups is 20. The van der Waals surface area contributed by atoms with Gasteiger partial charge in [-0.25, -0.2) is 0 Å². The quantitative estimate of drug-likeness (QED) is 0.0265. The lowest BCUT2D eigenvalue weighted by molar-refractivity contribution is -0.393. The Kier molecular flexibility index (Phi) is 53.3. The summed E-state index contributed by atoms with van der Waals surface area (Å²) in [6.45, 7) is 0.989. The van der Waals surface area contributed by atoms with Crippen molar-refractivity contribution in [3.05, 3.63) is 24.3 Å². The minimum absolute atomic E-state index is 0.161. The number of nitrogens with one attached hydrogen (secondary N) is 3. The fourth-order valence-electron chi connectivity index (χ4n) is 17.6. The fourth-order valence-corrected chi connectivity index (χ4v) is 17.6. The molecular formula is C90H161N3O37. The molecule has 758 valence electrons. The van der Waals surface area contributed by atoms with Crippen LogP contribution in [0.15, 0.2) is 24.3 Å². The maximum Gasteiger partial charge on any atom is 0.220 e. The van der Waals surface area contributed by atoms with E-state index in [1.54, 1.807) is 6.08 Å². The molecule has 7 aliphatic heterocycles. The van der Waals surface area contributed by atoms with Gasteiger partial charge in [-0.05, 0) is 51.9 Å². The van der Waals surface area contributed by atoms with Crippen molar-refractivity contribution in [2.45, 2.75) is 480 Å². The van der Waals surface area contributed by atoms with Crippen molar-refractivity contribution in [1.29, 1.82) is 0 Å². The third kappa shape index (κ3) is 34.8. The van der Waals surface area contributed by atoms with Crippen LogP contribution in [0.2, 0.25) is 0 Å². The highest BCUT2D eigenvalue weighted by Gasteiger charge is 2.60. The van der Waals surface area contributed by atoms with E-state index >= 15 is 0 Å². The van der Waals surface area contributed by atoms with Crippen LogP contribution in [0.25, 0.3) is 0 Å². The SMILES string of the molecule is CCCCCCCC/C=C\CCCCCCCCCCCCCCCC(=O)N[C@@H](CO[C@@H]1OC(CO)[C@@H](O[C@@H]2OC(CO)[C@H](O)[C@H](O[C@@H]3OC(CO)[C@@H](O[C@@H]4OC(CO)[C@H](O)[C@H](O[C@@H]5OC(CO)[C@@H](O[C@H]6OC(C)[C@@H](O)C(O)[C@@H]6O)[C@H](O[C@@H]6OC(CO)[C@H](O)[C@H](O)C6O)C5NC(C)=O)C4O)[C@H](O)C3NC(C)=O)C2O)[C@H](O)C1O)[C@H](O)/C=C/CCCCCCCCCCCCC. The van der Waals surface area contributed by atoms with E-state index in [2.05, 4.69) is 41.9 Å². The normalized spacial score (nSPS) is 37.3. The number of aliphatic hydroxyl groups excluding tert-OH is 20. The molecule has 0 aromatic heterocycles. The van der Waals surface area contributed by atoms with Gasteiger partial charge in [0, 0.05) is 20.3 Å². The van der Waals surface area contributed by atoms with Gasteiger partial charge in [0.15, 0.2) is 44.0 Å². The molecule has 40 nitrogen and oxygen atoms in total.